The number of hydrazine groups is 1. The van der Waals surface area contributed by atoms with E-state index in [4.69, 9.17) is 16.3 Å². The van der Waals surface area contributed by atoms with E-state index in [9.17, 15) is 31.5 Å². The Bertz CT molecular complexity index is 1400. The molecule has 0 saturated carbocycles. The summed E-state index contributed by atoms with van der Waals surface area (Å²) in [5.74, 6) is -12.1. The van der Waals surface area contributed by atoms with Gasteiger partial charge in [0.05, 0.1) is 19.2 Å². The van der Waals surface area contributed by atoms with Gasteiger partial charge in [0.15, 0.2) is 28.4 Å². The molecule has 14 heteroatoms. The summed E-state index contributed by atoms with van der Waals surface area (Å²) < 4.78 is 74.7. The molecule has 0 spiro atoms. The lowest BCUT2D eigenvalue weighted by Gasteiger charge is -2.32. The number of ether oxygens (including phenoxy) is 1. The predicted molar refractivity (Wildman–Crippen MR) is 133 cm³/mol. The lowest BCUT2D eigenvalue weighted by Crippen LogP contribution is -2.48. The molecule has 1 saturated heterocycles. The highest BCUT2D eigenvalue weighted by atomic mass is 35.5. The molecular formula is C24H16ClF5N4O3S. The van der Waals surface area contributed by atoms with Crippen molar-refractivity contribution in [2.75, 3.05) is 17.9 Å². The van der Waals surface area contributed by atoms with Crippen LogP contribution in [-0.4, -0.2) is 34.4 Å². The molecule has 1 aliphatic rings. The largest absolute Gasteiger partial charge is 0.497 e. The van der Waals surface area contributed by atoms with Crippen LogP contribution >= 0.6 is 23.4 Å². The molecule has 2 amide bonds. The molecular weight excluding hydrogens is 555 g/mol. The average Bonchev–Trinajstić information content (AvgIpc) is 2.91. The number of thioether (sulfide) groups is 1. The van der Waals surface area contributed by atoms with E-state index in [2.05, 4.69) is 10.3 Å². The van der Waals surface area contributed by atoms with Crippen molar-refractivity contribution in [2.45, 2.75) is 11.7 Å². The number of carbonyl (C=O) groups is 2. The average molecular weight is 571 g/mol. The molecule has 7 nitrogen and oxygen atoms in total. The SMILES string of the molecule is COc1ccc(NC(=O)[C@H]2CC(=O)N(Nc3c(F)c(F)c(F)c(F)c3F)C(=Nc3ccc(Cl)cc3)S2)cc1. The Balaban J connectivity index is 1.66. The van der Waals surface area contributed by atoms with E-state index in [0.717, 1.165) is 11.8 Å². The molecule has 4 rings (SSSR count). The Morgan fingerprint density at radius 2 is 1.55 bits per heavy atom. The predicted octanol–water partition coefficient (Wildman–Crippen LogP) is 6.03. The first kappa shape index (κ1) is 27.2. The van der Waals surface area contributed by atoms with Gasteiger partial charge in [0, 0.05) is 10.7 Å². The van der Waals surface area contributed by atoms with Crippen LogP contribution in [0.1, 0.15) is 6.42 Å². The Kier molecular flexibility index (Phi) is 8.07. The maximum absolute atomic E-state index is 14.3. The number of nitrogens with one attached hydrogen (secondary N) is 2. The lowest BCUT2D eigenvalue weighted by atomic mass is 10.2. The van der Waals surface area contributed by atoms with Crippen molar-refractivity contribution < 1.29 is 36.3 Å². The van der Waals surface area contributed by atoms with Crippen molar-refractivity contribution in [2.24, 2.45) is 4.99 Å². The van der Waals surface area contributed by atoms with Crippen molar-refractivity contribution in [3.8, 4) is 5.75 Å². The van der Waals surface area contributed by atoms with E-state index in [1.54, 1.807) is 24.3 Å². The fourth-order valence-electron chi connectivity index (χ4n) is 3.25. The van der Waals surface area contributed by atoms with Crippen LogP contribution in [-0.2, 0) is 9.59 Å². The highest BCUT2D eigenvalue weighted by Gasteiger charge is 2.38. The minimum Gasteiger partial charge on any atom is -0.497 e. The highest BCUT2D eigenvalue weighted by molar-refractivity contribution is 8.15. The molecule has 0 aliphatic carbocycles. The van der Waals surface area contributed by atoms with E-state index < -0.39 is 58.3 Å². The topological polar surface area (TPSA) is 83.0 Å². The van der Waals surface area contributed by atoms with Crippen LogP contribution in [0, 0.1) is 29.1 Å². The number of rotatable bonds is 6. The number of hydrogen-bond acceptors (Lipinski definition) is 6. The Hall–Kier alpha value is -3.84. The van der Waals surface area contributed by atoms with Gasteiger partial charge in [0.1, 0.15) is 16.7 Å². The van der Waals surface area contributed by atoms with E-state index in [1.807, 2.05) is 5.43 Å². The molecule has 0 radical (unpaired) electrons. The maximum Gasteiger partial charge on any atom is 0.249 e. The Morgan fingerprint density at radius 3 is 2.13 bits per heavy atom. The molecule has 198 valence electrons. The third-order valence-electron chi connectivity index (χ3n) is 5.18. The number of anilines is 2. The number of benzene rings is 3. The van der Waals surface area contributed by atoms with Crippen LogP contribution in [0.15, 0.2) is 53.5 Å². The van der Waals surface area contributed by atoms with Crippen LogP contribution in [0.4, 0.5) is 39.0 Å². The maximum atomic E-state index is 14.3. The number of aliphatic imine (C=N–C) groups is 1. The van der Waals surface area contributed by atoms with Crippen molar-refractivity contribution in [1.29, 1.82) is 0 Å². The van der Waals surface area contributed by atoms with Gasteiger partial charge < -0.3 is 10.1 Å². The zero-order valence-corrected chi connectivity index (χ0v) is 20.8. The second-order valence-electron chi connectivity index (χ2n) is 7.69. The summed E-state index contributed by atoms with van der Waals surface area (Å²) >= 11 is 6.61. The monoisotopic (exact) mass is 570 g/mol. The summed E-state index contributed by atoms with van der Waals surface area (Å²) in [6.45, 7) is 0. The van der Waals surface area contributed by atoms with Gasteiger partial charge in [0.25, 0.3) is 0 Å². The first-order valence-electron chi connectivity index (χ1n) is 10.7. The summed E-state index contributed by atoms with van der Waals surface area (Å²) in [4.78, 5) is 30.2. The van der Waals surface area contributed by atoms with E-state index in [0.29, 0.717) is 21.5 Å². The summed E-state index contributed by atoms with van der Waals surface area (Å²) in [5, 5.41) is 2.19. The number of carbonyl (C=O) groups excluding carboxylic acids is 2. The van der Waals surface area contributed by atoms with Crippen LogP contribution in [0.2, 0.25) is 5.02 Å². The van der Waals surface area contributed by atoms with Crippen LogP contribution < -0.4 is 15.5 Å². The molecule has 0 unspecified atom stereocenters. The molecule has 1 atom stereocenters. The molecule has 2 N–H and O–H groups in total. The summed E-state index contributed by atoms with van der Waals surface area (Å²) in [6, 6.07) is 12.2. The molecule has 0 bridgehead atoms. The van der Waals surface area contributed by atoms with Gasteiger partial charge in [-0.1, -0.05) is 23.4 Å². The van der Waals surface area contributed by atoms with Gasteiger partial charge in [0.2, 0.25) is 17.6 Å². The summed E-state index contributed by atoms with van der Waals surface area (Å²) in [7, 11) is 1.48. The molecule has 0 aromatic heterocycles. The van der Waals surface area contributed by atoms with Crippen molar-refractivity contribution in [1.82, 2.24) is 5.01 Å². The van der Waals surface area contributed by atoms with Crippen LogP contribution in [0.5, 0.6) is 5.75 Å². The molecule has 3 aromatic rings. The van der Waals surface area contributed by atoms with Crippen LogP contribution in [0.3, 0.4) is 0 Å². The minimum absolute atomic E-state index is 0.227. The first-order chi connectivity index (χ1) is 18.1. The van der Waals surface area contributed by atoms with Gasteiger partial charge >= 0.3 is 0 Å². The Morgan fingerprint density at radius 1 is 0.974 bits per heavy atom. The molecule has 3 aromatic carbocycles. The van der Waals surface area contributed by atoms with Gasteiger partial charge in [-0.15, -0.1) is 0 Å². The van der Waals surface area contributed by atoms with E-state index in [1.165, 1.54) is 31.4 Å². The second kappa shape index (κ2) is 11.3. The van der Waals surface area contributed by atoms with E-state index >= 15 is 0 Å². The van der Waals surface area contributed by atoms with Crippen LogP contribution in [0.25, 0.3) is 0 Å². The third kappa shape index (κ3) is 5.68. The molecule has 1 fully saturated rings. The number of halogens is 6. The number of amides is 2. The van der Waals surface area contributed by atoms with Crippen molar-refractivity contribution in [3.63, 3.8) is 0 Å². The zero-order chi connectivity index (χ0) is 27.6. The summed E-state index contributed by atoms with van der Waals surface area (Å²) in [5.41, 5.74) is 1.12. The highest BCUT2D eigenvalue weighted by Crippen LogP contribution is 2.33. The van der Waals surface area contributed by atoms with Gasteiger partial charge in [-0.05, 0) is 48.5 Å². The van der Waals surface area contributed by atoms with Gasteiger partial charge in [-0.2, -0.15) is 5.01 Å². The number of nitrogens with zero attached hydrogens (tertiary/aromatic N) is 2. The smallest absolute Gasteiger partial charge is 0.249 e. The summed E-state index contributed by atoms with van der Waals surface area (Å²) in [6.07, 6.45) is -0.491. The number of methoxy groups -OCH3 is 1. The lowest BCUT2D eigenvalue weighted by molar-refractivity contribution is -0.128. The molecule has 1 aliphatic heterocycles. The molecule has 38 heavy (non-hydrogen) atoms. The van der Waals surface area contributed by atoms with Gasteiger partial charge in [-0.25, -0.2) is 26.9 Å². The minimum atomic E-state index is -2.35. The first-order valence-corrected chi connectivity index (χ1v) is 11.9. The fraction of sp³-hybridized carbons (Fsp3) is 0.125. The fourth-order valence-corrected chi connectivity index (χ4v) is 4.43. The quantitative estimate of drug-likeness (QED) is 0.215. The third-order valence-corrected chi connectivity index (χ3v) is 6.59. The zero-order valence-electron chi connectivity index (χ0n) is 19.2. The number of hydrogen-bond donors (Lipinski definition) is 2. The Labute approximate surface area is 221 Å². The second-order valence-corrected chi connectivity index (χ2v) is 9.29. The van der Waals surface area contributed by atoms with E-state index in [-0.39, 0.29) is 10.9 Å². The standard InChI is InChI=1S/C24H16ClF5N4O3S/c1-37-14-8-6-12(7-9-14)31-23(36)15-10-16(35)34(24(38-15)32-13-4-2-11(25)3-5-13)33-22-20(29)18(27)17(26)19(28)21(22)30/h2-9,15,33H,10H2,1H3,(H,31,36)/t15-/m1/s1. The molecule has 1 heterocycles. The van der Waals surface area contributed by atoms with Crippen molar-refractivity contribution in [3.05, 3.63) is 82.6 Å². The number of amidine groups is 1. The van der Waals surface area contributed by atoms with Crippen molar-refractivity contribution >= 4 is 57.4 Å². The normalized spacial score (nSPS) is 16.5. The van der Waals surface area contributed by atoms with Gasteiger partial charge in [-0.3, -0.25) is 15.0 Å².